The predicted molar refractivity (Wildman–Crippen MR) is 96.9 cm³/mol. The molecule has 0 spiro atoms. The fourth-order valence-electron chi connectivity index (χ4n) is 2.92. The van der Waals surface area contributed by atoms with Gasteiger partial charge in [0.15, 0.2) is 23.1 Å². The smallest absolute Gasteiger partial charge is 0.546 e. The van der Waals surface area contributed by atoms with Gasteiger partial charge in [-0.3, -0.25) is 0 Å². The summed E-state index contributed by atoms with van der Waals surface area (Å²) in [5, 5.41) is 11.4. The van der Waals surface area contributed by atoms with Crippen molar-refractivity contribution < 1.29 is 62.1 Å². The average Bonchev–Trinajstić information content (AvgIpc) is 3.50. The summed E-state index contributed by atoms with van der Waals surface area (Å²) in [6.07, 6.45) is 0.490. The van der Waals surface area contributed by atoms with E-state index in [2.05, 4.69) is 9.97 Å². The van der Waals surface area contributed by atoms with Crippen molar-refractivity contribution >= 4 is 5.97 Å². The zero-order valence-electron chi connectivity index (χ0n) is 16.6. The number of nitrogens with zero attached hydrogens (tertiary/aromatic N) is 2. The van der Waals surface area contributed by atoms with E-state index in [-0.39, 0.29) is 71.1 Å². The number of halogens is 3. The number of aliphatic carboxylic acids is 1. The van der Waals surface area contributed by atoms with Gasteiger partial charge < -0.3 is 19.4 Å². The number of aromatic nitrogens is 2. The maximum Gasteiger partial charge on any atom is 1.00 e. The van der Waals surface area contributed by atoms with Gasteiger partial charge in [0, 0.05) is 23.3 Å². The minimum atomic E-state index is -1.50. The van der Waals surface area contributed by atoms with Gasteiger partial charge in [0.2, 0.25) is 5.88 Å². The molecular formula is C21H14F3N2NaO4. The van der Waals surface area contributed by atoms with Crippen LogP contribution in [0.5, 0.6) is 11.6 Å². The molecule has 154 valence electrons. The number of hydrogen-bond acceptors (Lipinski definition) is 6. The Kier molecular flexibility index (Phi) is 6.59. The number of carboxylic acid groups (broad SMARTS) is 1. The molecule has 2 aromatic carbocycles. The number of rotatable bonds is 6. The first kappa shape index (κ1) is 23.1. The first-order chi connectivity index (χ1) is 14.3. The molecule has 0 bridgehead atoms. The summed E-state index contributed by atoms with van der Waals surface area (Å²) >= 11 is 0. The standard InChI is InChI=1S/C21H15F3N2O4.Na/c1-29-17-9-12(22)3-4-13(17)16-10-18(30-21(6-7-21)20(27)28)26-19(25-16)11-2-5-14(23)15(24)8-11;/h2-5,8-10H,6-7H2,1H3,(H,27,28);/q;+1/p-1. The van der Waals surface area contributed by atoms with Gasteiger partial charge in [-0.05, 0) is 43.2 Å². The van der Waals surface area contributed by atoms with Crippen LogP contribution in [-0.4, -0.2) is 28.6 Å². The zero-order chi connectivity index (χ0) is 21.5. The van der Waals surface area contributed by atoms with Gasteiger partial charge in [-0.2, -0.15) is 4.98 Å². The molecule has 1 aliphatic rings. The number of hydrogen-bond donors (Lipinski definition) is 0. The van der Waals surface area contributed by atoms with Gasteiger partial charge in [0.05, 0.1) is 18.8 Å². The second-order valence-corrected chi connectivity index (χ2v) is 6.77. The molecule has 1 saturated carbocycles. The van der Waals surface area contributed by atoms with Crippen LogP contribution < -0.4 is 44.1 Å². The fourth-order valence-corrected chi connectivity index (χ4v) is 2.92. The molecule has 10 heteroatoms. The molecule has 6 nitrogen and oxygen atoms in total. The molecule has 3 aromatic rings. The van der Waals surface area contributed by atoms with Gasteiger partial charge in [-0.25, -0.2) is 18.2 Å². The Labute approximate surface area is 197 Å². The van der Waals surface area contributed by atoms with Crippen molar-refractivity contribution in [3.63, 3.8) is 0 Å². The van der Waals surface area contributed by atoms with Gasteiger partial charge in [-0.1, -0.05) is 0 Å². The molecule has 0 amide bonds. The van der Waals surface area contributed by atoms with Gasteiger partial charge in [0.1, 0.15) is 11.6 Å². The summed E-state index contributed by atoms with van der Waals surface area (Å²) in [6.45, 7) is 0. The third-order valence-electron chi connectivity index (χ3n) is 4.70. The third-order valence-corrected chi connectivity index (χ3v) is 4.70. The number of carbonyl (C=O) groups is 1. The van der Waals surface area contributed by atoms with Crippen LogP contribution in [0.2, 0.25) is 0 Å². The molecule has 0 atom stereocenters. The molecule has 1 heterocycles. The molecule has 1 aliphatic carbocycles. The number of benzene rings is 2. The molecule has 1 fully saturated rings. The summed E-state index contributed by atoms with van der Waals surface area (Å²) in [5.41, 5.74) is -0.775. The summed E-state index contributed by atoms with van der Waals surface area (Å²) in [6, 6.07) is 8.23. The quantitative estimate of drug-likeness (QED) is 0.500. The second kappa shape index (κ2) is 8.86. The molecule has 4 rings (SSSR count). The molecule has 0 aliphatic heterocycles. The van der Waals surface area contributed by atoms with Crippen molar-refractivity contribution in [2.45, 2.75) is 18.4 Å². The minimum Gasteiger partial charge on any atom is -0.546 e. The largest absolute Gasteiger partial charge is 1.00 e. The Hall–Kier alpha value is -2.62. The van der Waals surface area contributed by atoms with Crippen molar-refractivity contribution in [2.75, 3.05) is 7.11 Å². The Morgan fingerprint density at radius 1 is 1.03 bits per heavy atom. The summed E-state index contributed by atoms with van der Waals surface area (Å²) in [7, 11) is 1.35. The molecule has 31 heavy (non-hydrogen) atoms. The van der Waals surface area contributed by atoms with Crippen molar-refractivity contribution in [3.05, 3.63) is 59.9 Å². The summed E-state index contributed by atoms with van der Waals surface area (Å²) < 4.78 is 51.4. The van der Waals surface area contributed by atoms with Crippen LogP contribution in [-0.2, 0) is 4.79 Å². The molecule has 0 unspecified atom stereocenters. The van der Waals surface area contributed by atoms with Crippen LogP contribution in [0.4, 0.5) is 13.2 Å². The van der Waals surface area contributed by atoms with Crippen LogP contribution in [0.25, 0.3) is 22.6 Å². The van der Waals surface area contributed by atoms with E-state index in [0.29, 0.717) is 5.56 Å². The zero-order valence-corrected chi connectivity index (χ0v) is 18.6. The van der Waals surface area contributed by atoms with Gasteiger partial charge in [-0.15, -0.1) is 0 Å². The molecule has 0 radical (unpaired) electrons. The third kappa shape index (κ3) is 4.68. The van der Waals surface area contributed by atoms with E-state index < -0.39 is 29.0 Å². The fraction of sp³-hybridized carbons (Fsp3) is 0.190. The van der Waals surface area contributed by atoms with E-state index in [0.717, 1.165) is 18.2 Å². The van der Waals surface area contributed by atoms with Crippen molar-refractivity contribution in [2.24, 2.45) is 0 Å². The minimum absolute atomic E-state index is 0. The van der Waals surface area contributed by atoms with E-state index in [1.165, 1.54) is 31.4 Å². The average molecular weight is 438 g/mol. The Balaban J connectivity index is 0.00000272. The van der Waals surface area contributed by atoms with E-state index in [1.54, 1.807) is 0 Å². The number of ether oxygens (including phenoxy) is 2. The maximum absolute atomic E-state index is 13.7. The normalized spacial score (nSPS) is 13.8. The molecular weight excluding hydrogens is 424 g/mol. The van der Waals surface area contributed by atoms with Crippen LogP contribution in [0.3, 0.4) is 0 Å². The van der Waals surface area contributed by atoms with Crippen LogP contribution in [0.1, 0.15) is 12.8 Å². The van der Waals surface area contributed by atoms with Crippen LogP contribution in [0.15, 0.2) is 42.5 Å². The number of carbonyl (C=O) groups excluding carboxylic acids is 1. The summed E-state index contributed by atoms with van der Waals surface area (Å²) in [5.74, 6) is -4.03. The van der Waals surface area contributed by atoms with Crippen molar-refractivity contribution in [3.8, 4) is 34.3 Å². The van der Waals surface area contributed by atoms with E-state index in [9.17, 15) is 23.1 Å². The second-order valence-electron chi connectivity index (χ2n) is 6.77. The van der Waals surface area contributed by atoms with Crippen LogP contribution >= 0.6 is 0 Å². The first-order valence-electron chi connectivity index (χ1n) is 8.90. The predicted octanol–water partition coefficient (Wildman–Crippen LogP) is -0.0982. The van der Waals surface area contributed by atoms with Gasteiger partial charge >= 0.3 is 29.6 Å². The Bertz CT molecular complexity index is 1160. The number of carboxylic acids is 1. The van der Waals surface area contributed by atoms with E-state index in [4.69, 9.17) is 9.47 Å². The first-order valence-corrected chi connectivity index (χ1v) is 8.90. The molecule has 0 N–H and O–H groups in total. The summed E-state index contributed by atoms with van der Waals surface area (Å²) in [4.78, 5) is 19.9. The number of methoxy groups -OCH3 is 1. The van der Waals surface area contributed by atoms with Gasteiger partial charge in [0.25, 0.3) is 0 Å². The monoisotopic (exact) mass is 438 g/mol. The Morgan fingerprint density at radius 2 is 1.77 bits per heavy atom. The maximum atomic E-state index is 13.7. The van der Waals surface area contributed by atoms with Crippen molar-refractivity contribution in [1.82, 2.24) is 9.97 Å². The SMILES string of the molecule is COc1cc(F)ccc1-c1cc(OC2(C(=O)[O-])CC2)nc(-c2ccc(F)c(F)c2)n1.[Na+]. The van der Waals surface area contributed by atoms with E-state index >= 15 is 0 Å². The van der Waals surface area contributed by atoms with Crippen LogP contribution in [0, 0.1) is 17.5 Å². The Morgan fingerprint density at radius 3 is 2.39 bits per heavy atom. The van der Waals surface area contributed by atoms with Crippen molar-refractivity contribution in [1.29, 1.82) is 0 Å². The molecule has 1 aromatic heterocycles. The van der Waals surface area contributed by atoms with E-state index in [1.807, 2.05) is 0 Å². The molecule has 0 saturated heterocycles. The topological polar surface area (TPSA) is 84.4 Å².